The summed E-state index contributed by atoms with van der Waals surface area (Å²) in [4.78, 5) is 18.0. The summed E-state index contributed by atoms with van der Waals surface area (Å²) in [6.45, 7) is 2.21. The van der Waals surface area contributed by atoms with Gasteiger partial charge in [-0.3, -0.25) is 4.79 Å². The molecule has 0 aliphatic carbocycles. The first-order chi connectivity index (χ1) is 15.2. The Morgan fingerprint density at radius 3 is 2.62 bits per heavy atom. The Morgan fingerprint density at radius 2 is 1.97 bits per heavy atom. The molecule has 1 aromatic carbocycles. The van der Waals surface area contributed by atoms with Crippen molar-refractivity contribution in [1.82, 2.24) is 9.62 Å². The number of carbonyl (C=O) groups is 1. The van der Waals surface area contributed by atoms with Crippen LogP contribution in [0.4, 0.5) is 10.1 Å². The smallest absolute Gasteiger partial charge is 0.250 e. The molecule has 6 nitrogen and oxygen atoms in total. The minimum atomic E-state index is -3.86. The molecule has 1 aliphatic heterocycles. The van der Waals surface area contributed by atoms with Gasteiger partial charge >= 0.3 is 0 Å². The second kappa shape index (κ2) is 9.03. The van der Waals surface area contributed by atoms with Crippen LogP contribution in [0.1, 0.15) is 24.9 Å². The Labute approximate surface area is 195 Å². The van der Waals surface area contributed by atoms with E-state index in [0.29, 0.717) is 0 Å². The first kappa shape index (κ1) is 23.1. The fourth-order valence-electron chi connectivity index (χ4n) is 3.59. The molecule has 3 heterocycles. The maximum absolute atomic E-state index is 14.8. The second-order valence-corrected chi connectivity index (χ2v) is 11.9. The Bertz CT molecular complexity index is 1220. The van der Waals surface area contributed by atoms with Crippen molar-refractivity contribution in [1.29, 1.82) is 0 Å². The average molecular weight is 494 g/mol. The molecule has 0 spiro atoms. The third-order valence-electron chi connectivity index (χ3n) is 5.63. The van der Waals surface area contributed by atoms with Crippen molar-refractivity contribution >= 4 is 44.3 Å². The minimum absolute atomic E-state index is 0.0252. The summed E-state index contributed by atoms with van der Waals surface area (Å²) in [5, 5.41) is 1.93. The molecule has 1 fully saturated rings. The van der Waals surface area contributed by atoms with Gasteiger partial charge in [0.25, 0.3) is 10.0 Å². The van der Waals surface area contributed by atoms with Gasteiger partial charge in [0.1, 0.15) is 16.1 Å². The lowest BCUT2D eigenvalue weighted by molar-refractivity contribution is -0.118. The zero-order chi connectivity index (χ0) is 23.0. The lowest BCUT2D eigenvalue weighted by Gasteiger charge is -2.22. The third-order valence-corrected chi connectivity index (χ3v) is 9.75. The van der Waals surface area contributed by atoms with E-state index < -0.39 is 27.8 Å². The fraction of sp³-hybridized carbons (Fsp3) is 0.318. The molecule has 1 saturated heterocycles. The largest absolute Gasteiger partial charge is 0.308 e. The van der Waals surface area contributed by atoms with Gasteiger partial charge in [0.2, 0.25) is 5.91 Å². The van der Waals surface area contributed by atoms with E-state index in [9.17, 15) is 17.6 Å². The lowest BCUT2D eigenvalue weighted by atomic mass is 10.1. The number of thiophene rings is 2. The molecular weight excluding hydrogens is 469 g/mol. The molecule has 170 valence electrons. The van der Waals surface area contributed by atoms with Gasteiger partial charge in [-0.05, 0) is 68.7 Å². The van der Waals surface area contributed by atoms with E-state index in [2.05, 4.69) is 4.72 Å². The number of halogens is 1. The highest BCUT2D eigenvalue weighted by atomic mass is 32.2. The van der Waals surface area contributed by atoms with Crippen LogP contribution in [0.3, 0.4) is 0 Å². The molecule has 2 aromatic heterocycles. The number of hydrogen-bond acceptors (Lipinski definition) is 6. The lowest BCUT2D eigenvalue weighted by Crippen LogP contribution is -2.41. The van der Waals surface area contributed by atoms with E-state index in [4.69, 9.17) is 0 Å². The quantitative estimate of drug-likeness (QED) is 0.532. The minimum Gasteiger partial charge on any atom is -0.308 e. The standard InChI is InChI=1S/C22H24FN3O3S3/c1-14(25(2)3)15-6-7-18(16(23)13-15)26-11-10-17(22(26)27)24-32(28,29)21-9-8-20(31-21)19-5-4-12-30-19/h4-9,12-14,17,24H,10-11H2,1-3H3/t14?,17-/m0/s1. The molecule has 4 rings (SSSR count). The number of rotatable bonds is 7. The molecule has 0 saturated carbocycles. The Morgan fingerprint density at radius 1 is 1.19 bits per heavy atom. The molecule has 1 unspecified atom stereocenters. The van der Waals surface area contributed by atoms with Gasteiger partial charge in [-0.25, -0.2) is 12.8 Å². The zero-order valence-electron chi connectivity index (χ0n) is 17.9. The third kappa shape index (κ3) is 4.51. The summed E-state index contributed by atoms with van der Waals surface area (Å²) in [6, 6.07) is 11.1. The second-order valence-electron chi connectivity index (χ2n) is 7.90. The van der Waals surface area contributed by atoms with E-state index in [0.717, 1.165) is 26.7 Å². The summed E-state index contributed by atoms with van der Waals surface area (Å²) in [7, 11) is -0.0419. The van der Waals surface area contributed by atoms with Crippen LogP contribution < -0.4 is 9.62 Å². The van der Waals surface area contributed by atoms with Crippen molar-refractivity contribution in [3.63, 3.8) is 0 Å². The summed E-state index contributed by atoms with van der Waals surface area (Å²) < 4.78 is 43.2. The molecule has 0 bridgehead atoms. The van der Waals surface area contributed by atoms with Crippen LogP contribution in [-0.2, 0) is 14.8 Å². The normalized spacial score (nSPS) is 18.0. The molecule has 2 atom stereocenters. The van der Waals surface area contributed by atoms with Crippen molar-refractivity contribution < 1.29 is 17.6 Å². The molecular formula is C22H24FN3O3S3. The highest BCUT2D eigenvalue weighted by molar-refractivity contribution is 7.91. The van der Waals surface area contributed by atoms with E-state index >= 15 is 0 Å². The van der Waals surface area contributed by atoms with Gasteiger partial charge in [0, 0.05) is 22.3 Å². The highest BCUT2D eigenvalue weighted by Gasteiger charge is 2.37. The van der Waals surface area contributed by atoms with Crippen molar-refractivity contribution in [2.75, 3.05) is 25.5 Å². The van der Waals surface area contributed by atoms with Gasteiger partial charge in [-0.2, -0.15) is 4.72 Å². The van der Waals surface area contributed by atoms with E-state index in [1.165, 1.54) is 22.3 Å². The first-order valence-electron chi connectivity index (χ1n) is 10.1. The topological polar surface area (TPSA) is 69.7 Å². The van der Waals surface area contributed by atoms with Gasteiger partial charge in [0.15, 0.2) is 0 Å². The number of anilines is 1. The van der Waals surface area contributed by atoms with Gasteiger partial charge in [-0.15, -0.1) is 22.7 Å². The summed E-state index contributed by atoms with van der Waals surface area (Å²) in [6.07, 6.45) is 0.274. The maximum atomic E-state index is 14.8. The number of nitrogens with zero attached hydrogens (tertiary/aromatic N) is 2. The van der Waals surface area contributed by atoms with E-state index in [-0.39, 0.29) is 28.9 Å². The van der Waals surface area contributed by atoms with Crippen LogP contribution in [0.2, 0.25) is 0 Å². The molecule has 1 amide bonds. The van der Waals surface area contributed by atoms with E-state index in [1.54, 1.807) is 24.3 Å². The zero-order valence-corrected chi connectivity index (χ0v) is 20.4. The van der Waals surface area contributed by atoms with Crippen molar-refractivity contribution in [2.24, 2.45) is 0 Å². The van der Waals surface area contributed by atoms with Gasteiger partial charge in [-0.1, -0.05) is 12.1 Å². The van der Waals surface area contributed by atoms with Gasteiger partial charge in [0.05, 0.1) is 5.69 Å². The number of carbonyl (C=O) groups excluding carboxylic acids is 1. The maximum Gasteiger partial charge on any atom is 0.250 e. The van der Waals surface area contributed by atoms with Crippen LogP contribution in [0, 0.1) is 5.82 Å². The first-order valence-corrected chi connectivity index (χ1v) is 13.3. The van der Waals surface area contributed by atoms with Crippen LogP contribution >= 0.6 is 22.7 Å². The number of benzene rings is 1. The Balaban J connectivity index is 1.49. The molecule has 10 heteroatoms. The summed E-state index contributed by atoms with van der Waals surface area (Å²) >= 11 is 2.69. The van der Waals surface area contributed by atoms with Crippen molar-refractivity contribution in [3.8, 4) is 9.75 Å². The number of hydrogen-bond donors (Lipinski definition) is 1. The Hall–Kier alpha value is -2.11. The monoisotopic (exact) mass is 493 g/mol. The van der Waals surface area contributed by atoms with Crippen LogP contribution in [-0.4, -0.2) is 45.9 Å². The summed E-state index contributed by atoms with van der Waals surface area (Å²) in [5.74, 6) is -0.942. The number of sulfonamides is 1. The predicted molar refractivity (Wildman–Crippen MR) is 127 cm³/mol. The molecule has 3 aromatic rings. The van der Waals surface area contributed by atoms with Crippen LogP contribution in [0.15, 0.2) is 52.1 Å². The SMILES string of the molecule is CC(c1ccc(N2CC[C@H](NS(=O)(=O)c3ccc(-c4cccs4)s3)C2=O)c(F)c1)N(C)C. The van der Waals surface area contributed by atoms with Crippen molar-refractivity contribution in [2.45, 2.75) is 29.6 Å². The predicted octanol–water partition coefficient (Wildman–Crippen LogP) is 4.32. The molecule has 32 heavy (non-hydrogen) atoms. The fourth-order valence-corrected chi connectivity index (χ4v) is 6.97. The Kier molecular flexibility index (Phi) is 6.51. The van der Waals surface area contributed by atoms with E-state index in [1.807, 2.05) is 43.4 Å². The molecule has 1 aliphatic rings. The molecule has 1 N–H and O–H groups in total. The number of amides is 1. The number of nitrogens with one attached hydrogen (secondary N) is 1. The summed E-state index contributed by atoms with van der Waals surface area (Å²) in [5.41, 5.74) is 0.974. The molecule has 0 radical (unpaired) electrons. The van der Waals surface area contributed by atoms with Gasteiger partial charge < -0.3 is 9.80 Å². The van der Waals surface area contributed by atoms with Crippen molar-refractivity contribution in [3.05, 3.63) is 59.2 Å². The van der Waals surface area contributed by atoms with Crippen LogP contribution in [0.5, 0.6) is 0 Å². The average Bonchev–Trinajstić information content (AvgIpc) is 3.49. The highest BCUT2D eigenvalue weighted by Crippen LogP contribution is 2.34. The van der Waals surface area contributed by atoms with Crippen LogP contribution in [0.25, 0.3) is 9.75 Å².